The molecule has 3 rings (SSSR count). The number of thiazole rings is 1. The van der Waals surface area contributed by atoms with Crippen molar-refractivity contribution in [3.63, 3.8) is 0 Å². The van der Waals surface area contributed by atoms with E-state index in [9.17, 15) is 0 Å². The molecule has 1 aliphatic rings. The molecule has 3 heterocycles. The van der Waals surface area contributed by atoms with Gasteiger partial charge in [-0.25, -0.2) is 9.97 Å². The highest BCUT2D eigenvalue weighted by molar-refractivity contribution is 7.09. The van der Waals surface area contributed by atoms with Crippen LogP contribution in [0.4, 0.5) is 0 Å². The molecule has 2 aromatic rings. The first-order chi connectivity index (χ1) is 8.35. The van der Waals surface area contributed by atoms with E-state index >= 15 is 0 Å². The summed E-state index contributed by atoms with van der Waals surface area (Å²) in [4.78, 5) is 11.2. The molecule has 0 N–H and O–H groups in total. The highest BCUT2D eigenvalue weighted by Gasteiger charge is 2.17. The highest BCUT2D eigenvalue weighted by atomic mass is 35.5. The number of nitrogens with zero attached hydrogens (tertiary/aromatic N) is 4. The summed E-state index contributed by atoms with van der Waals surface area (Å²) in [6.07, 6.45) is 3.91. The smallest absolute Gasteiger partial charge is 0.122 e. The molecule has 0 saturated carbocycles. The second kappa shape index (κ2) is 4.76. The van der Waals surface area contributed by atoms with Crippen molar-refractivity contribution >= 4 is 22.9 Å². The fraction of sp³-hybridized carbons (Fsp3) is 0.455. The van der Waals surface area contributed by atoms with Gasteiger partial charge in [0.25, 0.3) is 0 Å². The van der Waals surface area contributed by atoms with E-state index in [1.54, 1.807) is 11.3 Å². The molecule has 90 valence electrons. The van der Waals surface area contributed by atoms with Crippen LogP contribution < -0.4 is 0 Å². The van der Waals surface area contributed by atoms with Crippen LogP contribution in [0.25, 0.3) is 0 Å². The molecule has 17 heavy (non-hydrogen) atoms. The van der Waals surface area contributed by atoms with Gasteiger partial charge in [-0.3, -0.25) is 4.90 Å². The van der Waals surface area contributed by atoms with E-state index in [4.69, 9.17) is 11.6 Å². The molecule has 6 heteroatoms. The molecule has 0 spiro atoms. The van der Waals surface area contributed by atoms with Crippen molar-refractivity contribution in [3.05, 3.63) is 34.3 Å². The van der Waals surface area contributed by atoms with Gasteiger partial charge >= 0.3 is 0 Å². The standard InChI is InChI=1S/C11H13ClN4S/c12-5-9-8-17-11(14-9)7-15-3-4-16-2-1-13-10(16)6-15/h1-2,8H,3-7H2. The second-order valence-corrected chi connectivity index (χ2v) is 5.32. The lowest BCUT2D eigenvalue weighted by atomic mass is 10.3. The first kappa shape index (κ1) is 11.2. The van der Waals surface area contributed by atoms with Gasteiger partial charge in [-0.2, -0.15) is 0 Å². The van der Waals surface area contributed by atoms with Gasteiger partial charge in [0.15, 0.2) is 0 Å². The zero-order valence-corrected chi connectivity index (χ0v) is 10.9. The number of hydrogen-bond donors (Lipinski definition) is 0. The summed E-state index contributed by atoms with van der Waals surface area (Å²) in [5.74, 6) is 1.64. The molecule has 0 radical (unpaired) electrons. The summed E-state index contributed by atoms with van der Waals surface area (Å²) in [6.45, 7) is 3.87. The van der Waals surface area contributed by atoms with Crippen molar-refractivity contribution in [2.75, 3.05) is 6.54 Å². The maximum atomic E-state index is 5.75. The lowest BCUT2D eigenvalue weighted by Crippen LogP contribution is -2.33. The lowest BCUT2D eigenvalue weighted by Gasteiger charge is -2.26. The minimum atomic E-state index is 0.501. The number of halogens is 1. The van der Waals surface area contributed by atoms with Crippen LogP contribution in [-0.4, -0.2) is 26.0 Å². The Balaban J connectivity index is 1.67. The molecule has 0 unspecified atom stereocenters. The number of fused-ring (bicyclic) bond motifs is 1. The van der Waals surface area contributed by atoms with Gasteiger partial charge in [0.1, 0.15) is 10.8 Å². The Morgan fingerprint density at radius 2 is 2.35 bits per heavy atom. The number of alkyl halides is 1. The van der Waals surface area contributed by atoms with Crippen LogP contribution in [0.2, 0.25) is 0 Å². The Bertz CT molecular complexity index is 507. The molecule has 0 aromatic carbocycles. The van der Waals surface area contributed by atoms with Crippen LogP contribution in [0.1, 0.15) is 16.5 Å². The van der Waals surface area contributed by atoms with Crippen molar-refractivity contribution in [2.24, 2.45) is 0 Å². The monoisotopic (exact) mass is 268 g/mol. The van der Waals surface area contributed by atoms with E-state index in [-0.39, 0.29) is 0 Å². The van der Waals surface area contributed by atoms with Crippen molar-refractivity contribution < 1.29 is 0 Å². The Hall–Kier alpha value is -0.910. The Kier molecular flexibility index (Phi) is 3.13. The van der Waals surface area contributed by atoms with Crippen molar-refractivity contribution in [2.45, 2.75) is 25.5 Å². The predicted molar refractivity (Wildman–Crippen MR) is 68.0 cm³/mol. The average molecular weight is 269 g/mol. The van der Waals surface area contributed by atoms with E-state index in [0.29, 0.717) is 5.88 Å². The topological polar surface area (TPSA) is 34.0 Å². The molecule has 0 amide bonds. The van der Waals surface area contributed by atoms with Gasteiger partial charge in [0.2, 0.25) is 0 Å². The van der Waals surface area contributed by atoms with Crippen LogP contribution in [0.3, 0.4) is 0 Å². The van der Waals surface area contributed by atoms with Crippen LogP contribution in [0, 0.1) is 0 Å². The van der Waals surface area contributed by atoms with Crippen molar-refractivity contribution in [3.8, 4) is 0 Å². The zero-order chi connectivity index (χ0) is 11.7. The summed E-state index contributed by atoms with van der Waals surface area (Å²) >= 11 is 7.44. The number of rotatable bonds is 3. The molecular formula is C11H13ClN4S. The van der Waals surface area contributed by atoms with Gasteiger partial charge < -0.3 is 4.57 Å². The van der Waals surface area contributed by atoms with Gasteiger partial charge in [-0.1, -0.05) is 0 Å². The first-order valence-electron chi connectivity index (χ1n) is 5.57. The molecule has 1 aliphatic heterocycles. The fourth-order valence-corrected chi connectivity index (χ4v) is 3.10. The van der Waals surface area contributed by atoms with Crippen LogP contribution in [-0.2, 0) is 25.5 Å². The first-order valence-corrected chi connectivity index (χ1v) is 6.98. The maximum absolute atomic E-state index is 5.75. The molecule has 0 fully saturated rings. The maximum Gasteiger partial charge on any atom is 0.122 e. The van der Waals surface area contributed by atoms with E-state index in [1.807, 2.05) is 17.8 Å². The largest absolute Gasteiger partial charge is 0.333 e. The Morgan fingerprint density at radius 1 is 1.41 bits per heavy atom. The van der Waals surface area contributed by atoms with E-state index in [2.05, 4.69) is 19.4 Å². The van der Waals surface area contributed by atoms with E-state index < -0.39 is 0 Å². The molecule has 0 atom stereocenters. The average Bonchev–Trinajstić information content (AvgIpc) is 2.96. The third kappa shape index (κ3) is 2.36. The fourth-order valence-electron chi connectivity index (χ4n) is 2.03. The van der Waals surface area contributed by atoms with Crippen LogP contribution >= 0.6 is 22.9 Å². The van der Waals surface area contributed by atoms with Gasteiger partial charge in [0, 0.05) is 30.9 Å². The summed E-state index contributed by atoms with van der Waals surface area (Å²) < 4.78 is 2.21. The van der Waals surface area contributed by atoms with E-state index in [1.165, 1.54) is 0 Å². The third-order valence-corrected chi connectivity index (χ3v) is 4.08. The van der Waals surface area contributed by atoms with Gasteiger partial charge in [0.05, 0.1) is 24.7 Å². The Labute approximate surface area is 109 Å². The van der Waals surface area contributed by atoms with E-state index in [0.717, 1.165) is 42.7 Å². The summed E-state index contributed by atoms with van der Waals surface area (Å²) in [7, 11) is 0. The minimum absolute atomic E-state index is 0.501. The summed E-state index contributed by atoms with van der Waals surface area (Å²) in [5.41, 5.74) is 0.977. The minimum Gasteiger partial charge on any atom is -0.333 e. The molecule has 0 saturated heterocycles. The molecule has 4 nitrogen and oxygen atoms in total. The summed E-state index contributed by atoms with van der Waals surface area (Å²) in [5, 5.41) is 3.17. The van der Waals surface area contributed by atoms with Crippen LogP contribution in [0.5, 0.6) is 0 Å². The quantitative estimate of drug-likeness (QED) is 0.800. The predicted octanol–water partition coefficient (Wildman–Crippen LogP) is 2.09. The third-order valence-electron chi connectivity index (χ3n) is 2.92. The van der Waals surface area contributed by atoms with Crippen molar-refractivity contribution in [1.29, 1.82) is 0 Å². The lowest BCUT2D eigenvalue weighted by molar-refractivity contribution is 0.208. The highest BCUT2D eigenvalue weighted by Crippen LogP contribution is 2.17. The molecule has 0 aliphatic carbocycles. The number of aromatic nitrogens is 3. The Morgan fingerprint density at radius 3 is 3.18 bits per heavy atom. The van der Waals surface area contributed by atoms with Gasteiger partial charge in [-0.15, -0.1) is 22.9 Å². The number of hydrogen-bond acceptors (Lipinski definition) is 4. The molecular weight excluding hydrogens is 256 g/mol. The number of imidazole rings is 1. The summed E-state index contributed by atoms with van der Waals surface area (Å²) in [6, 6.07) is 0. The van der Waals surface area contributed by atoms with Gasteiger partial charge in [-0.05, 0) is 0 Å². The van der Waals surface area contributed by atoms with Crippen molar-refractivity contribution in [1.82, 2.24) is 19.4 Å². The molecule has 0 bridgehead atoms. The van der Waals surface area contributed by atoms with Crippen LogP contribution in [0.15, 0.2) is 17.8 Å². The SMILES string of the molecule is ClCc1csc(CN2CCn3ccnc3C2)n1. The second-order valence-electron chi connectivity index (χ2n) is 4.11. The zero-order valence-electron chi connectivity index (χ0n) is 9.34. The normalized spacial score (nSPS) is 16.1. The molecule has 2 aromatic heterocycles.